The Balaban J connectivity index is 1.28. The van der Waals surface area contributed by atoms with Gasteiger partial charge in [-0.05, 0) is 108 Å². The van der Waals surface area contributed by atoms with Gasteiger partial charge in [0.25, 0.3) is 0 Å². The molecule has 2 unspecified atom stereocenters. The van der Waals surface area contributed by atoms with Crippen molar-refractivity contribution in [3.8, 4) is 5.75 Å². The van der Waals surface area contributed by atoms with Crippen LogP contribution in [-0.2, 0) is 16.0 Å². The first kappa shape index (κ1) is 22.8. The fourth-order valence-electron chi connectivity index (χ4n) is 5.18. The Kier molecular flexibility index (Phi) is 6.51. The van der Waals surface area contributed by atoms with E-state index >= 15 is 0 Å². The van der Waals surface area contributed by atoms with Crippen LogP contribution < -0.4 is 4.74 Å². The Morgan fingerprint density at radius 1 is 0.971 bits per heavy atom. The second kappa shape index (κ2) is 9.71. The number of rotatable bonds is 5. The highest BCUT2D eigenvalue weighted by Crippen LogP contribution is 2.55. The molecule has 2 aliphatic rings. The summed E-state index contributed by atoms with van der Waals surface area (Å²) in [6.45, 7) is 6.24. The molecule has 0 saturated heterocycles. The highest BCUT2D eigenvalue weighted by molar-refractivity contribution is 8.20. The average molecular weight is 473 g/mol. The van der Waals surface area contributed by atoms with Crippen LogP contribution in [0.4, 0.5) is 0 Å². The van der Waals surface area contributed by atoms with Crippen molar-refractivity contribution >= 4 is 22.4 Å². The lowest BCUT2D eigenvalue weighted by Gasteiger charge is -2.21. The van der Waals surface area contributed by atoms with Crippen LogP contribution in [0.1, 0.15) is 60.1 Å². The number of hydrogen-bond donors (Lipinski definition) is 1. The lowest BCUT2D eigenvalue weighted by Crippen LogP contribution is -2.19. The predicted molar refractivity (Wildman–Crippen MR) is 140 cm³/mol. The Hall–Kier alpha value is -2.98. The third kappa shape index (κ3) is 4.52. The van der Waals surface area contributed by atoms with E-state index in [1.54, 1.807) is 0 Å². The first-order chi connectivity index (χ1) is 16.5. The molecule has 1 aliphatic heterocycles. The Morgan fingerprint density at radius 3 is 2.53 bits per heavy atom. The van der Waals surface area contributed by atoms with E-state index in [1.807, 2.05) is 6.07 Å². The third-order valence-corrected chi connectivity index (χ3v) is 9.18. The van der Waals surface area contributed by atoms with Gasteiger partial charge in [0, 0.05) is 4.90 Å². The largest absolute Gasteiger partial charge is 0.481 e. The molecule has 0 N–H and O–H groups in total. The molecule has 0 amide bonds. The molecule has 0 bridgehead atoms. The lowest BCUT2D eigenvalue weighted by molar-refractivity contribution is -0.152. The molecule has 176 valence electrons. The third-order valence-electron chi connectivity index (χ3n) is 6.81. The molecule has 0 aromatic heterocycles. The van der Waals surface area contributed by atoms with Crippen molar-refractivity contribution in [2.24, 2.45) is 0 Å². The molecular weight excluding hydrogens is 440 g/mol. The maximum atomic E-state index is 12.7. The van der Waals surface area contributed by atoms with Gasteiger partial charge < -0.3 is 9.47 Å². The van der Waals surface area contributed by atoms with Crippen LogP contribution in [0.25, 0.3) is 5.57 Å². The first-order valence-corrected chi connectivity index (χ1v) is 13.5. The Morgan fingerprint density at radius 2 is 1.71 bits per heavy atom. The molecule has 3 aromatic carbocycles. The zero-order chi connectivity index (χ0) is 23.7. The predicted octanol–water partition coefficient (Wildman–Crippen LogP) is 7.49. The smallest absolute Gasteiger partial charge is 0.344 e. The molecule has 34 heavy (non-hydrogen) atoms. The highest BCUT2D eigenvalue weighted by Gasteiger charge is 2.23. The summed E-state index contributed by atoms with van der Waals surface area (Å²) >= 11 is 0. The van der Waals surface area contributed by atoms with Gasteiger partial charge in [0.15, 0.2) is 6.61 Å². The van der Waals surface area contributed by atoms with Crippen molar-refractivity contribution in [3.05, 3.63) is 93.9 Å². The number of thiol groups is 1. The number of hydrogen-bond acceptors (Lipinski definition) is 3. The van der Waals surface area contributed by atoms with Crippen LogP contribution in [0, 0.1) is 13.8 Å². The van der Waals surface area contributed by atoms with Crippen molar-refractivity contribution in [2.75, 3.05) is 6.61 Å². The molecule has 0 saturated carbocycles. The quantitative estimate of drug-likeness (QED) is 0.237. The van der Waals surface area contributed by atoms with Gasteiger partial charge in [-0.2, -0.15) is 10.9 Å². The van der Waals surface area contributed by atoms with Crippen LogP contribution in [0.3, 0.4) is 0 Å². The number of allylic oxidation sites excluding steroid dienone is 1. The zero-order valence-corrected chi connectivity index (χ0v) is 21.0. The van der Waals surface area contributed by atoms with E-state index in [-0.39, 0.29) is 18.7 Å². The molecule has 0 radical (unpaired) electrons. The summed E-state index contributed by atoms with van der Waals surface area (Å²) in [6, 6.07) is 21.4. The number of esters is 1. The number of carbonyl (C=O) groups is 1. The second-order valence-corrected chi connectivity index (χ2v) is 11.3. The molecule has 3 nitrogen and oxygen atoms in total. The topological polar surface area (TPSA) is 35.5 Å². The number of aryl methyl sites for hydroxylation is 3. The number of ether oxygens (including phenoxy) is 2. The average Bonchev–Trinajstić information content (AvgIpc) is 3.03. The van der Waals surface area contributed by atoms with Crippen molar-refractivity contribution < 1.29 is 14.3 Å². The van der Waals surface area contributed by atoms with Crippen molar-refractivity contribution in [3.63, 3.8) is 0 Å². The van der Waals surface area contributed by atoms with E-state index in [0.717, 1.165) is 48.1 Å². The van der Waals surface area contributed by atoms with Gasteiger partial charge in [0.1, 0.15) is 11.9 Å². The SMILES string of the molecule is CC1=C[SH](c2cc(C)c(OCC(=O)OC3CCCCc4ccccc43)c(C)c2)c2ccccc21. The second-order valence-electron chi connectivity index (χ2n) is 9.32. The van der Waals surface area contributed by atoms with Crippen LogP contribution in [-0.4, -0.2) is 12.6 Å². The van der Waals surface area contributed by atoms with E-state index < -0.39 is 10.9 Å². The molecule has 0 fully saturated rings. The van der Waals surface area contributed by atoms with Gasteiger partial charge in [-0.25, -0.2) is 4.79 Å². The number of carbonyl (C=O) groups excluding carboxylic acids is 1. The van der Waals surface area contributed by atoms with Crippen molar-refractivity contribution in [2.45, 2.75) is 62.3 Å². The summed E-state index contributed by atoms with van der Waals surface area (Å²) in [6.07, 6.45) is 3.93. The standard InChI is InChI=1S/C30H32O3S/c1-20-16-24(34-19-22(3)25-12-7-9-15-28(25)34)17-21(2)30(20)32-18-29(31)33-27-14-8-5-11-23-10-4-6-13-26(23)27/h4,6-7,9-10,12-13,15-17,19,27,34H,5,8,11,14,18H2,1-3H3. The van der Waals surface area contributed by atoms with E-state index in [0.29, 0.717) is 0 Å². The van der Waals surface area contributed by atoms with Gasteiger partial charge in [-0.3, -0.25) is 0 Å². The van der Waals surface area contributed by atoms with Crippen LogP contribution in [0.15, 0.2) is 75.9 Å². The highest BCUT2D eigenvalue weighted by atomic mass is 32.2. The minimum Gasteiger partial charge on any atom is -0.481 e. The zero-order valence-electron chi connectivity index (χ0n) is 20.1. The van der Waals surface area contributed by atoms with Gasteiger partial charge in [-0.1, -0.05) is 42.5 Å². The lowest BCUT2D eigenvalue weighted by atomic mass is 10.0. The Bertz CT molecular complexity index is 1240. The summed E-state index contributed by atoms with van der Waals surface area (Å²) in [4.78, 5) is 15.5. The van der Waals surface area contributed by atoms with Gasteiger partial charge in [0.05, 0.1) is 0 Å². The monoisotopic (exact) mass is 472 g/mol. The molecule has 0 spiro atoms. The molecule has 5 rings (SSSR count). The minimum absolute atomic E-state index is 0.0731. The molecule has 1 heterocycles. The van der Waals surface area contributed by atoms with Crippen LogP contribution in [0.2, 0.25) is 0 Å². The summed E-state index contributed by atoms with van der Waals surface area (Å²) in [7, 11) is -0.510. The molecule has 4 heteroatoms. The van der Waals surface area contributed by atoms with Gasteiger partial charge >= 0.3 is 5.97 Å². The van der Waals surface area contributed by atoms with E-state index in [1.165, 1.54) is 26.5 Å². The first-order valence-electron chi connectivity index (χ1n) is 12.1. The summed E-state index contributed by atoms with van der Waals surface area (Å²) in [5.41, 5.74) is 7.25. The normalized spacial score (nSPS) is 20.0. The minimum atomic E-state index is -0.510. The number of benzene rings is 3. The maximum Gasteiger partial charge on any atom is 0.344 e. The fourth-order valence-corrected chi connectivity index (χ4v) is 7.70. The van der Waals surface area contributed by atoms with Gasteiger partial charge in [-0.15, -0.1) is 0 Å². The Labute approximate surface area is 205 Å². The molecule has 1 aliphatic carbocycles. The maximum absolute atomic E-state index is 12.7. The van der Waals surface area contributed by atoms with Crippen molar-refractivity contribution in [1.29, 1.82) is 0 Å². The summed E-state index contributed by atoms with van der Waals surface area (Å²) in [5.74, 6) is 0.474. The van der Waals surface area contributed by atoms with Crippen molar-refractivity contribution in [1.82, 2.24) is 0 Å². The van der Waals surface area contributed by atoms with Crippen LogP contribution in [0.5, 0.6) is 5.75 Å². The molecule has 2 atom stereocenters. The number of fused-ring (bicyclic) bond motifs is 2. The molecular formula is C30H32O3S. The summed E-state index contributed by atoms with van der Waals surface area (Å²) in [5, 5.41) is 2.40. The van der Waals surface area contributed by atoms with Crippen LogP contribution >= 0.6 is 10.9 Å². The molecule has 3 aromatic rings. The summed E-state index contributed by atoms with van der Waals surface area (Å²) < 4.78 is 11.9. The van der Waals surface area contributed by atoms with E-state index in [2.05, 4.69) is 80.8 Å². The van der Waals surface area contributed by atoms with E-state index in [4.69, 9.17) is 9.47 Å². The van der Waals surface area contributed by atoms with E-state index in [9.17, 15) is 4.79 Å². The van der Waals surface area contributed by atoms with Gasteiger partial charge in [0.2, 0.25) is 0 Å². The fraction of sp³-hybridized carbons (Fsp3) is 0.300.